The summed E-state index contributed by atoms with van der Waals surface area (Å²) in [6.45, 7) is 0.689. The van der Waals surface area contributed by atoms with Crippen LogP contribution in [0.15, 0.2) is 35.1 Å². The molecule has 0 spiro atoms. The molecular formula is C14H18N4O2. The molecule has 1 heterocycles. The van der Waals surface area contributed by atoms with Gasteiger partial charge in [-0.1, -0.05) is 18.2 Å². The highest BCUT2D eigenvalue weighted by atomic mass is 16.2. The van der Waals surface area contributed by atoms with Crippen molar-refractivity contribution in [2.24, 2.45) is 0 Å². The first-order chi connectivity index (χ1) is 9.50. The van der Waals surface area contributed by atoms with Gasteiger partial charge in [-0.05, 0) is 17.5 Å². The van der Waals surface area contributed by atoms with Crippen molar-refractivity contribution >= 4 is 22.6 Å². The van der Waals surface area contributed by atoms with E-state index in [2.05, 4.69) is 5.32 Å². The third-order valence-electron chi connectivity index (χ3n) is 3.07. The van der Waals surface area contributed by atoms with Crippen LogP contribution in [0, 0.1) is 0 Å². The van der Waals surface area contributed by atoms with Crippen LogP contribution >= 0.6 is 0 Å². The second kappa shape index (κ2) is 5.64. The van der Waals surface area contributed by atoms with Crippen LogP contribution in [-0.2, 0) is 6.54 Å². The largest absolute Gasteiger partial charge is 0.385 e. The van der Waals surface area contributed by atoms with Crippen LogP contribution in [0.4, 0.5) is 10.6 Å². The van der Waals surface area contributed by atoms with Crippen molar-refractivity contribution in [1.29, 1.82) is 0 Å². The van der Waals surface area contributed by atoms with E-state index in [4.69, 9.17) is 5.73 Å². The van der Waals surface area contributed by atoms with Crippen LogP contribution < -0.4 is 16.6 Å². The third kappa shape index (κ3) is 2.74. The number of nitrogens with zero attached hydrogens (tertiary/aromatic N) is 2. The minimum Gasteiger partial charge on any atom is -0.385 e. The zero-order chi connectivity index (χ0) is 14.7. The molecule has 20 heavy (non-hydrogen) atoms. The topological polar surface area (TPSA) is 80.4 Å². The molecule has 0 radical (unpaired) electrons. The van der Waals surface area contributed by atoms with E-state index in [1.165, 1.54) is 9.47 Å². The van der Waals surface area contributed by atoms with Crippen LogP contribution in [-0.4, -0.2) is 36.1 Å². The number of carbonyl (C=O) groups is 1. The highest BCUT2D eigenvalue weighted by Gasteiger charge is 2.07. The van der Waals surface area contributed by atoms with Crippen LogP contribution in [0.1, 0.15) is 0 Å². The first-order valence-electron chi connectivity index (χ1n) is 6.34. The summed E-state index contributed by atoms with van der Waals surface area (Å²) in [6, 6.07) is 8.88. The van der Waals surface area contributed by atoms with Crippen molar-refractivity contribution < 1.29 is 4.79 Å². The Labute approximate surface area is 116 Å². The van der Waals surface area contributed by atoms with Gasteiger partial charge in [0.25, 0.3) is 5.56 Å². The number of amides is 2. The molecule has 0 aliphatic rings. The van der Waals surface area contributed by atoms with Crippen molar-refractivity contribution in [1.82, 2.24) is 14.8 Å². The Balaban J connectivity index is 2.22. The van der Waals surface area contributed by atoms with Gasteiger partial charge >= 0.3 is 6.03 Å². The summed E-state index contributed by atoms with van der Waals surface area (Å²) in [5.41, 5.74) is 5.76. The van der Waals surface area contributed by atoms with Crippen LogP contribution in [0.2, 0.25) is 0 Å². The summed E-state index contributed by atoms with van der Waals surface area (Å²) in [5.74, 6) is 0.396. The Morgan fingerprint density at radius 2 is 2.05 bits per heavy atom. The summed E-state index contributed by atoms with van der Waals surface area (Å²) in [5, 5.41) is 4.15. The van der Waals surface area contributed by atoms with Gasteiger partial charge in [0.05, 0.1) is 0 Å². The Kier molecular flexibility index (Phi) is 3.93. The van der Waals surface area contributed by atoms with Gasteiger partial charge in [0.15, 0.2) is 0 Å². The molecule has 1 aromatic heterocycles. The van der Waals surface area contributed by atoms with E-state index in [9.17, 15) is 9.59 Å². The van der Waals surface area contributed by atoms with Gasteiger partial charge in [-0.25, -0.2) is 4.79 Å². The number of pyridine rings is 1. The van der Waals surface area contributed by atoms with Crippen molar-refractivity contribution in [3.05, 3.63) is 40.7 Å². The minimum atomic E-state index is -0.197. The second-order valence-corrected chi connectivity index (χ2v) is 4.74. The van der Waals surface area contributed by atoms with E-state index in [0.717, 1.165) is 5.39 Å². The molecule has 0 atom stereocenters. The molecule has 0 fully saturated rings. The van der Waals surface area contributed by atoms with E-state index in [-0.39, 0.29) is 11.6 Å². The van der Waals surface area contributed by atoms with Gasteiger partial charge in [0.1, 0.15) is 5.82 Å². The van der Waals surface area contributed by atoms with Gasteiger partial charge in [0, 0.05) is 32.6 Å². The fraction of sp³-hybridized carbons (Fsp3) is 0.286. The molecule has 6 nitrogen and oxygen atoms in total. The Morgan fingerprint density at radius 1 is 1.35 bits per heavy atom. The molecule has 1 aromatic carbocycles. The molecule has 0 bridgehead atoms. The monoisotopic (exact) mass is 274 g/mol. The molecule has 2 aromatic rings. The van der Waals surface area contributed by atoms with Gasteiger partial charge in [-0.2, -0.15) is 0 Å². The molecule has 0 unspecified atom stereocenters. The number of aromatic nitrogens is 1. The first-order valence-corrected chi connectivity index (χ1v) is 6.34. The molecule has 0 saturated carbocycles. The maximum Gasteiger partial charge on any atom is 0.316 e. The first kappa shape index (κ1) is 13.9. The smallest absolute Gasteiger partial charge is 0.316 e. The number of nitrogens with one attached hydrogen (secondary N) is 1. The van der Waals surface area contributed by atoms with Gasteiger partial charge in [0.2, 0.25) is 0 Å². The zero-order valence-electron chi connectivity index (χ0n) is 11.6. The van der Waals surface area contributed by atoms with Crippen molar-refractivity contribution in [2.45, 2.75) is 6.54 Å². The second-order valence-electron chi connectivity index (χ2n) is 4.74. The number of hydrogen-bond donors (Lipinski definition) is 2. The summed E-state index contributed by atoms with van der Waals surface area (Å²) in [6.07, 6.45) is 0. The van der Waals surface area contributed by atoms with Crippen molar-refractivity contribution in [2.75, 3.05) is 26.4 Å². The molecule has 0 aliphatic carbocycles. The molecule has 2 rings (SSSR count). The summed E-state index contributed by atoms with van der Waals surface area (Å²) < 4.78 is 1.47. The summed E-state index contributed by atoms with van der Waals surface area (Å²) >= 11 is 0. The van der Waals surface area contributed by atoms with E-state index in [0.29, 0.717) is 24.3 Å². The molecule has 2 amide bonds. The number of anilines is 1. The van der Waals surface area contributed by atoms with Crippen LogP contribution in [0.25, 0.3) is 10.8 Å². The number of benzene rings is 1. The lowest BCUT2D eigenvalue weighted by molar-refractivity contribution is 0.217. The van der Waals surface area contributed by atoms with E-state index in [1.807, 2.05) is 18.2 Å². The Morgan fingerprint density at radius 3 is 2.75 bits per heavy atom. The lowest BCUT2D eigenvalue weighted by Gasteiger charge is -2.14. The average Bonchev–Trinajstić information content (AvgIpc) is 2.42. The number of rotatable bonds is 3. The lowest BCUT2D eigenvalue weighted by Crippen LogP contribution is -2.37. The maximum absolute atomic E-state index is 12.3. The predicted octanol–water partition coefficient (Wildman–Crippen LogP) is 0.855. The molecule has 3 N–H and O–H groups in total. The minimum absolute atomic E-state index is 0.139. The summed E-state index contributed by atoms with van der Waals surface area (Å²) in [7, 11) is 3.32. The number of carbonyl (C=O) groups excluding carboxylic acids is 1. The molecule has 106 valence electrons. The maximum atomic E-state index is 12.3. The van der Waals surface area contributed by atoms with Crippen LogP contribution in [0.5, 0.6) is 0 Å². The molecule has 6 heteroatoms. The zero-order valence-corrected chi connectivity index (χ0v) is 11.6. The highest BCUT2D eigenvalue weighted by Crippen LogP contribution is 2.12. The Hall–Kier alpha value is -2.50. The standard InChI is InChI=1S/C14H18N4O2/c1-17(2)14(20)16-7-8-18-12(15)9-10-5-3-4-6-11(10)13(18)19/h3-6,9H,7-8,15H2,1-2H3,(H,16,20). The molecule has 0 aliphatic heterocycles. The molecular weight excluding hydrogens is 256 g/mol. The predicted molar refractivity (Wildman–Crippen MR) is 79.7 cm³/mol. The number of nitrogens with two attached hydrogens (primary N) is 1. The van der Waals surface area contributed by atoms with E-state index < -0.39 is 0 Å². The quantitative estimate of drug-likeness (QED) is 0.871. The van der Waals surface area contributed by atoms with Crippen molar-refractivity contribution in [3.63, 3.8) is 0 Å². The normalized spacial score (nSPS) is 10.5. The SMILES string of the molecule is CN(C)C(=O)NCCn1c(N)cc2ccccc2c1=O. The van der Waals surface area contributed by atoms with Crippen LogP contribution in [0.3, 0.4) is 0 Å². The number of urea groups is 1. The Bertz CT molecular complexity index is 691. The van der Waals surface area contributed by atoms with Crippen molar-refractivity contribution in [3.8, 4) is 0 Å². The average molecular weight is 274 g/mol. The number of fused-ring (bicyclic) bond motifs is 1. The number of hydrogen-bond acceptors (Lipinski definition) is 3. The fourth-order valence-corrected chi connectivity index (χ4v) is 1.98. The fourth-order valence-electron chi connectivity index (χ4n) is 1.98. The third-order valence-corrected chi connectivity index (χ3v) is 3.07. The highest BCUT2D eigenvalue weighted by molar-refractivity contribution is 5.83. The van der Waals surface area contributed by atoms with Gasteiger partial charge in [-0.15, -0.1) is 0 Å². The summed E-state index contributed by atoms with van der Waals surface area (Å²) in [4.78, 5) is 25.2. The molecule has 0 saturated heterocycles. The van der Waals surface area contributed by atoms with E-state index in [1.54, 1.807) is 26.2 Å². The van der Waals surface area contributed by atoms with Gasteiger partial charge < -0.3 is 16.0 Å². The van der Waals surface area contributed by atoms with E-state index >= 15 is 0 Å². The lowest BCUT2D eigenvalue weighted by atomic mass is 10.1. The number of nitrogen functional groups attached to an aromatic ring is 1. The van der Waals surface area contributed by atoms with Gasteiger partial charge in [-0.3, -0.25) is 9.36 Å².